The van der Waals surface area contributed by atoms with Crippen molar-refractivity contribution in [1.82, 2.24) is 5.32 Å². The number of nitrogen functional groups attached to an aromatic ring is 1. The second-order valence-electron chi connectivity index (χ2n) is 3.29. The Morgan fingerprint density at radius 2 is 2.31 bits per heavy atom. The molecule has 2 aromatic rings. The summed E-state index contributed by atoms with van der Waals surface area (Å²) in [6.07, 6.45) is 5.04. The van der Waals surface area contributed by atoms with E-state index in [1.165, 1.54) is 0 Å². The van der Waals surface area contributed by atoms with Crippen LogP contribution in [0.15, 0.2) is 28.7 Å². The van der Waals surface area contributed by atoms with Gasteiger partial charge in [0.05, 0.1) is 6.54 Å². The van der Waals surface area contributed by atoms with Gasteiger partial charge < -0.3 is 15.5 Å². The van der Waals surface area contributed by atoms with Crippen LogP contribution in [0.25, 0.3) is 11.0 Å². The van der Waals surface area contributed by atoms with E-state index in [1.54, 1.807) is 24.3 Å². The molecule has 0 radical (unpaired) electrons. The van der Waals surface area contributed by atoms with Gasteiger partial charge in [-0.05, 0) is 24.3 Å². The normalized spacial score (nSPS) is 9.94. The largest absolute Gasteiger partial charge is 0.451 e. The van der Waals surface area contributed by atoms with Crippen LogP contribution < -0.4 is 11.1 Å². The lowest BCUT2D eigenvalue weighted by Crippen LogP contribution is -2.22. The van der Waals surface area contributed by atoms with E-state index in [4.69, 9.17) is 16.6 Å². The van der Waals surface area contributed by atoms with Gasteiger partial charge in [0.15, 0.2) is 5.76 Å². The third-order valence-corrected chi connectivity index (χ3v) is 2.12. The van der Waals surface area contributed by atoms with Crippen molar-refractivity contribution in [3.8, 4) is 12.3 Å². The Balaban J connectivity index is 2.33. The van der Waals surface area contributed by atoms with Crippen molar-refractivity contribution in [1.29, 1.82) is 0 Å². The van der Waals surface area contributed by atoms with Gasteiger partial charge in [0.25, 0.3) is 5.91 Å². The van der Waals surface area contributed by atoms with Crippen molar-refractivity contribution in [3.05, 3.63) is 30.0 Å². The third-order valence-electron chi connectivity index (χ3n) is 2.12. The summed E-state index contributed by atoms with van der Waals surface area (Å²) in [5, 5.41) is 3.32. The molecule has 0 aliphatic heterocycles. The minimum absolute atomic E-state index is 0.179. The Bertz CT molecular complexity index is 578. The number of hydrogen-bond acceptors (Lipinski definition) is 3. The number of benzene rings is 1. The molecule has 3 N–H and O–H groups in total. The lowest BCUT2D eigenvalue weighted by molar-refractivity contribution is 0.0933. The van der Waals surface area contributed by atoms with Gasteiger partial charge in [-0.1, -0.05) is 5.92 Å². The van der Waals surface area contributed by atoms with E-state index in [2.05, 4.69) is 11.2 Å². The number of carbonyl (C=O) groups is 1. The number of terminal acetylenes is 1. The topological polar surface area (TPSA) is 68.3 Å². The highest BCUT2D eigenvalue weighted by Gasteiger charge is 2.11. The van der Waals surface area contributed by atoms with E-state index in [9.17, 15) is 4.79 Å². The molecule has 0 unspecified atom stereocenters. The molecule has 1 amide bonds. The molecule has 0 bridgehead atoms. The summed E-state index contributed by atoms with van der Waals surface area (Å²) >= 11 is 0. The molecule has 0 saturated heterocycles. The second kappa shape index (κ2) is 3.99. The zero-order valence-corrected chi connectivity index (χ0v) is 8.49. The predicted octanol–water partition coefficient (Wildman–Crippen LogP) is 1.38. The number of rotatable bonds is 2. The minimum Gasteiger partial charge on any atom is -0.451 e. The van der Waals surface area contributed by atoms with Crippen molar-refractivity contribution in [2.45, 2.75) is 0 Å². The molecule has 0 spiro atoms. The van der Waals surface area contributed by atoms with Crippen LogP contribution in [0.5, 0.6) is 0 Å². The Kier molecular flexibility index (Phi) is 2.52. The average Bonchev–Trinajstić information content (AvgIpc) is 2.68. The minimum atomic E-state index is -0.326. The Labute approximate surface area is 92.4 Å². The Morgan fingerprint density at radius 1 is 1.50 bits per heavy atom. The fourth-order valence-electron chi connectivity index (χ4n) is 1.39. The predicted molar refractivity (Wildman–Crippen MR) is 61.8 cm³/mol. The summed E-state index contributed by atoms with van der Waals surface area (Å²) < 4.78 is 5.35. The van der Waals surface area contributed by atoms with Crippen LogP contribution in [-0.4, -0.2) is 12.5 Å². The molecular weight excluding hydrogens is 204 g/mol. The van der Waals surface area contributed by atoms with Crippen molar-refractivity contribution < 1.29 is 9.21 Å². The quantitative estimate of drug-likeness (QED) is 0.586. The van der Waals surface area contributed by atoms with Crippen molar-refractivity contribution >= 4 is 22.6 Å². The van der Waals surface area contributed by atoms with Crippen LogP contribution >= 0.6 is 0 Å². The molecule has 1 heterocycles. The van der Waals surface area contributed by atoms with Gasteiger partial charge in [-0.15, -0.1) is 6.42 Å². The van der Waals surface area contributed by atoms with Gasteiger partial charge in [0.1, 0.15) is 5.58 Å². The Hall–Kier alpha value is -2.41. The van der Waals surface area contributed by atoms with E-state index < -0.39 is 0 Å². The lowest BCUT2D eigenvalue weighted by atomic mass is 10.2. The molecule has 16 heavy (non-hydrogen) atoms. The van der Waals surface area contributed by atoms with Crippen LogP contribution in [0.2, 0.25) is 0 Å². The second-order valence-corrected chi connectivity index (χ2v) is 3.29. The van der Waals surface area contributed by atoms with Crippen LogP contribution in [0.4, 0.5) is 5.69 Å². The van der Waals surface area contributed by atoms with Crippen molar-refractivity contribution in [2.75, 3.05) is 12.3 Å². The fourth-order valence-corrected chi connectivity index (χ4v) is 1.39. The molecule has 4 heteroatoms. The first kappa shape index (κ1) is 10.1. The number of nitrogens with one attached hydrogen (secondary N) is 1. The van der Waals surface area contributed by atoms with Gasteiger partial charge in [0, 0.05) is 11.1 Å². The van der Waals surface area contributed by atoms with E-state index in [-0.39, 0.29) is 18.2 Å². The van der Waals surface area contributed by atoms with Gasteiger partial charge >= 0.3 is 0 Å². The van der Waals surface area contributed by atoms with Crippen LogP contribution in [0, 0.1) is 12.3 Å². The molecule has 1 aromatic carbocycles. The van der Waals surface area contributed by atoms with Crippen LogP contribution in [0.1, 0.15) is 10.6 Å². The number of nitrogens with two attached hydrogens (primary N) is 1. The first-order valence-corrected chi connectivity index (χ1v) is 4.71. The van der Waals surface area contributed by atoms with E-state index in [0.717, 1.165) is 5.39 Å². The zero-order valence-electron chi connectivity index (χ0n) is 8.49. The van der Waals surface area contributed by atoms with Gasteiger partial charge in [0.2, 0.25) is 0 Å². The number of carbonyl (C=O) groups excluding carboxylic acids is 1. The summed E-state index contributed by atoms with van der Waals surface area (Å²) in [7, 11) is 0. The monoisotopic (exact) mass is 214 g/mol. The molecular formula is C12H10N2O2. The van der Waals surface area contributed by atoms with Gasteiger partial charge in [-0.25, -0.2) is 0 Å². The molecule has 0 aliphatic carbocycles. The number of amides is 1. The first-order valence-electron chi connectivity index (χ1n) is 4.71. The van der Waals surface area contributed by atoms with E-state index in [1.807, 2.05) is 0 Å². The number of anilines is 1. The van der Waals surface area contributed by atoms with Crippen LogP contribution in [0.3, 0.4) is 0 Å². The Morgan fingerprint density at radius 3 is 3.06 bits per heavy atom. The van der Waals surface area contributed by atoms with Gasteiger partial charge in [-0.2, -0.15) is 0 Å². The highest BCUT2D eigenvalue weighted by molar-refractivity contribution is 5.96. The molecule has 2 rings (SSSR count). The summed E-state index contributed by atoms with van der Waals surface area (Å²) in [6, 6.07) is 6.83. The maximum absolute atomic E-state index is 11.5. The summed E-state index contributed by atoms with van der Waals surface area (Å²) in [6.45, 7) is 0.179. The van der Waals surface area contributed by atoms with Gasteiger partial charge in [-0.3, -0.25) is 4.79 Å². The number of hydrogen-bond donors (Lipinski definition) is 2. The fraction of sp³-hybridized carbons (Fsp3) is 0.0833. The summed E-state index contributed by atoms with van der Waals surface area (Å²) in [5.74, 6) is 2.22. The molecule has 0 aliphatic rings. The molecule has 80 valence electrons. The molecule has 1 aromatic heterocycles. The highest BCUT2D eigenvalue weighted by Crippen LogP contribution is 2.21. The maximum Gasteiger partial charge on any atom is 0.287 e. The maximum atomic E-state index is 11.5. The van der Waals surface area contributed by atoms with E-state index >= 15 is 0 Å². The third kappa shape index (κ3) is 1.84. The first-order chi connectivity index (χ1) is 7.70. The smallest absolute Gasteiger partial charge is 0.287 e. The van der Waals surface area contributed by atoms with Crippen molar-refractivity contribution in [2.24, 2.45) is 0 Å². The van der Waals surface area contributed by atoms with E-state index in [0.29, 0.717) is 11.3 Å². The molecule has 4 nitrogen and oxygen atoms in total. The number of fused-ring (bicyclic) bond motifs is 1. The molecule has 0 saturated carbocycles. The summed E-state index contributed by atoms with van der Waals surface area (Å²) in [4.78, 5) is 11.5. The number of furan rings is 1. The molecule has 0 atom stereocenters. The van der Waals surface area contributed by atoms with Crippen molar-refractivity contribution in [3.63, 3.8) is 0 Å². The van der Waals surface area contributed by atoms with Crippen LogP contribution in [-0.2, 0) is 0 Å². The zero-order chi connectivity index (χ0) is 11.5. The standard InChI is InChI=1S/C12H10N2O2/c1-2-5-14-12(15)11-7-8-6-9(13)3-4-10(8)16-11/h1,3-4,6-7H,5,13H2,(H,14,15). The summed E-state index contributed by atoms with van der Waals surface area (Å²) in [5.41, 5.74) is 6.87. The lowest BCUT2D eigenvalue weighted by Gasteiger charge is -1.95. The average molecular weight is 214 g/mol. The molecule has 0 fully saturated rings. The SMILES string of the molecule is C#CCNC(=O)c1cc2cc(N)ccc2o1. The highest BCUT2D eigenvalue weighted by atomic mass is 16.3.